The smallest absolute Gasteiger partial charge is 0.407 e. The summed E-state index contributed by atoms with van der Waals surface area (Å²) in [5.74, 6) is 2.01. The van der Waals surface area contributed by atoms with Crippen LogP contribution in [0.3, 0.4) is 0 Å². The van der Waals surface area contributed by atoms with E-state index in [4.69, 9.17) is 14.7 Å². The Hall–Kier alpha value is -2.57. The Labute approximate surface area is 160 Å². The Morgan fingerprint density at radius 1 is 1.26 bits per heavy atom. The van der Waals surface area contributed by atoms with E-state index in [1.54, 1.807) is 0 Å². The standard InChI is InChI=1S/C20H29N5O2/c1-20(2,3)27-19(26)22-12-14-8-7-11-25(13-14)18-17(21-4)23-15-9-5-6-10-16(15)24-18/h5-6,9-10,14H,7-8,11-13H2,1-4H3,(H,21,23)(H,22,26)/t14-/m1/s1. The van der Waals surface area contributed by atoms with Crippen molar-refractivity contribution < 1.29 is 9.53 Å². The van der Waals surface area contributed by atoms with Gasteiger partial charge in [0.15, 0.2) is 11.6 Å². The van der Waals surface area contributed by atoms with E-state index in [1.165, 1.54) is 0 Å². The van der Waals surface area contributed by atoms with Gasteiger partial charge in [-0.1, -0.05) is 12.1 Å². The molecular weight excluding hydrogens is 342 g/mol. The number of carbonyl (C=O) groups excluding carboxylic acids is 1. The Kier molecular flexibility index (Phi) is 5.68. The monoisotopic (exact) mass is 371 g/mol. The zero-order chi connectivity index (χ0) is 19.4. The fraction of sp³-hybridized carbons (Fsp3) is 0.550. The molecule has 7 heteroatoms. The fourth-order valence-electron chi connectivity index (χ4n) is 3.34. The first kappa shape index (κ1) is 19.2. The average molecular weight is 371 g/mol. The lowest BCUT2D eigenvalue weighted by Gasteiger charge is -2.34. The molecular formula is C20H29N5O2. The van der Waals surface area contributed by atoms with Gasteiger partial charge >= 0.3 is 6.09 Å². The summed E-state index contributed by atoms with van der Waals surface area (Å²) in [7, 11) is 1.87. The van der Waals surface area contributed by atoms with Crippen LogP contribution < -0.4 is 15.5 Å². The molecule has 1 aliphatic heterocycles. The van der Waals surface area contributed by atoms with Crippen LogP contribution in [-0.2, 0) is 4.74 Å². The number of alkyl carbamates (subject to hydrolysis) is 1. The van der Waals surface area contributed by atoms with Crippen molar-refractivity contribution in [3.05, 3.63) is 24.3 Å². The minimum atomic E-state index is -0.481. The Morgan fingerprint density at radius 3 is 2.63 bits per heavy atom. The molecule has 1 aromatic heterocycles. The van der Waals surface area contributed by atoms with Crippen LogP contribution in [0.1, 0.15) is 33.6 Å². The molecule has 0 bridgehead atoms. The molecule has 0 spiro atoms. The summed E-state index contributed by atoms with van der Waals surface area (Å²) in [5.41, 5.74) is 1.29. The van der Waals surface area contributed by atoms with E-state index in [2.05, 4.69) is 15.5 Å². The number of rotatable bonds is 4. The number of anilines is 2. The molecule has 0 saturated carbocycles. The molecule has 0 unspecified atom stereocenters. The first-order valence-corrected chi connectivity index (χ1v) is 9.52. The van der Waals surface area contributed by atoms with Crippen LogP contribution in [0.2, 0.25) is 0 Å². The molecule has 146 valence electrons. The quantitative estimate of drug-likeness (QED) is 0.857. The molecule has 1 fully saturated rings. The molecule has 1 aromatic carbocycles. The lowest BCUT2D eigenvalue weighted by molar-refractivity contribution is 0.0517. The fourth-order valence-corrected chi connectivity index (χ4v) is 3.34. The van der Waals surface area contributed by atoms with E-state index in [1.807, 2.05) is 52.1 Å². The number of aromatic nitrogens is 2. The first-order valence-electron chi connectivity index (χ1n) is 9.52. The average Bonchev–Trinajstić information content (AvgIpc) is 2.64. The minimum absolute atomic E-state index is 0.351. The van der Waals surface area contributed by atoms with E-state index in [0.717, 1.165) is 48.6 Å². The molecule has 1 aliphatic rings. The van der Waals surface area contributed by atoms with Gasteiger partial charge in [0.2, 0.25) is 0 Å². The van der Waals surface area contributed by atoms with Crippen LogP contribution in [-0.4, -0.2) is 48.3 Å². The van der Waals surface area contributed by atoms with E-state index < -0.39 is 5.60 Å². The predicted molar refractivity (Wildman–Crippen MR) is 108 cm³/mol. The van der Waals surface area contributed by atoms with Crippen molar-refractivity contribution in [1.82, 2.24) is 15.3 Å². The van der Waals surface area contributed by atoms with Crippen molar-refractivity contribution in [1.29, 1.82) is 0 Å². The summed E-state index contributed by atoms with van der Waals surface area (Å²) in [6, 6.07) is 7.90. The highest BCUT2D eigenvalue weighted by Gasteiger charge is 2.25. The molecule has 7 nitrogen and oxygen atoms in total. The predicted octanol–water partition coefficient (Wildman–Crippen LogP) is 3.41. The van der Waals surface area contributed by atoms with Gasteiger partial charge in [0.25, 0.3) is 0 Å². The largest absolute Gasteiger partial charge is 0.444 e. The zero-order valence-electron chi connectivity index (χ0n) is 16.6. The van der Waals surface area contributed by atoms with Crippen molar-refractivity contribution in [3.63, 3.8) is 0 Å². The van der Waals surface area contributed by atoms with E-state index in [9.17, 15) is 4.79 Å². The van der Waals surface area contributed by atoms with Crippen molar-refractivity contribution in [2.75, 3.05) is 36.9 Å². The number of carbonyl (C=O) groups is 1. The first-order chi connectivity index (χ1) is 12.9. The van der Waals surface area contributed by atoms with Gasteiger partial charge < -0.3 is 20.3 Å². The number of hydrogen-bond donors (Lipinski definition) is 2. The van der Waals surface area contributed by atoms with Gasteiger partial charge in [0.05, 0.1) is 11.0 Å². The maximum atomic E-state index is 11.9. The van der Waals surface area contributed by atoms with Crippen LogP contribution >= 0.6 is 0 Å². The second kappa shape index (κ2) is 7.98. The van der Waals surface area contributed by atoms with E-state index >= 15 is 0 Å². The van der Waals surface area contributed by atoms with Crippen molar-refractivity contribution in [2.24, 2.45) is 5.92 Å². The maximum absolute atomic E-state index is 11.9. The number of hydrogen-bond acceptors (Lipinski definition) is 6. The summed E-state index contributed by atoms with van der Waals surface area (Å²) < 4.78 is 5.33. The van der Waals surface area contributed by atoms with Gasteiger partial charge in [0, 0.05) is 26.7 Å². The number of para-hydroxylation sites is 2. The minimum Gasteiger partial charge on any atom is -0.444 e. The topological polar surface area (TPSA) is 79.4 Å². The Morgan fingerprint density at radius 2 is 1.96 bits per heavy atom. The van der Waals surface area contributed by atoms with Crippen LogP contribution in [0.15, 0.2) is 24.3 Å². The number of nitrogens with zero attached hydrogens (tertiary/aromatic N) is 3. The molecule has 1 atom stereocenters. The molecule has 0 radical (unpaired) electrons. The molecule has 27 heavy (non-hydrogen) atoms. The van der Waals surface area contributed by atoms with Gasteiger partial charge in [-0.15, -0.1) is 0 Å². The summed E-state index contributed by atoms with van der Waals surface area (Å²) in [6.45, 7) is 7.97. The van der Waals surface area contributed by atoms with Crippen LogP contribution in [0.25, 0.3) is 11.0 Å². The number of benzene rings is 1. The third-order valence-corrected chi connectivity index (χ3v) is 4.54. The molecule has 2 aromatic rings. The van der Waals surface area contributed by atoms with Crippen LogP contribution in [0.5, 0.6) is 0 Å². The maximum Gasteiger partial charge on any atom is 0.407 e. The summed E-state index contributed by atoms with van der Waals surface area (Å²) in [6.07, 6.45) is 1.77. The molecule has 3 rings (SSSR count). The van der Waals surface area contributed by atoms with Gasteiger partial charge in [-0.05, 0) is 51.7 Å². The molecule has 1 amide bonds. The highest BCUT2D eigenvalue weighted by molar-refractivity contribution is 5.80. The highest BCUT2D eigenvalue weighted by Crippen LogP contribution is 2.28. The van der Waals surface area contributed by atoms with Crippen molar-refractivity contribution in [3.8, 4) is 0 Å². The van der Waals surface area contributed by atoms with Gasteiger partial charge in [-0.2, -0.15) is 0 Å². The summed E-state index contributed by atoms with van der Waals surface area (Å²) in [5, 5.41) is 6.07. The number of nitrogens with one attached hydrogen (secondary N) is 2. The van der Waals surface area contributed by atoms with Crippen LogP contribution in [0.4, 0.5) is 16.4 Å². The molecule has 2 N–H and O–H groups in total. The Bertz CT molecular complexity index is 803. The molecule has 0 aliphatic carbocycles. The Balaban J connectivity index is 1.69. The lowest BCUT2D eigenvalue weighted by atomic mass is 9.98. The second-order valence-corrected chi connectivity index (χ2v) is 7.97. The SMILES string of the molecule is CNc1nc2ccccc2nc1N1CCC[C@H](CNC(=O)OC(C)(C)C)C1. The zero-order valence-corrected chi connectivity index (χ0v) is 16.6. The van der Waals surface area contributed by atoms with E-state index in [-0.39, 0.29) is 6.09 Å². The lowest BCUT2D eigenvalue weighted by Crippen LogP contribution is -2.42. The van der Waals surface area contributed by atoms with Gasteiger partial charge in [-0.25, -0.2) is 14.8 Å². The number of ether oxygens (including phenoxy) is 1. The molecule has 1 saturated heterocycles. The summed E-state index contributed by atoms with van der Waals surface area (Å²) >= 11 is 0. The number of piperidine rings is 1. The molecule has 2 heterocycles. The van der Waals surface area contributed by atoms with Gasteiger partial charge in [0.1, 0.15) is 5.60 Å². The van der Waals surface area contributed by atoms with Crippen LogP contribution in [0, 0.1) is 5.92 Å². The normalized spacial score (nSPS) is 17.6. The number of fused-ring (bicyclic) bond motifs is 1. The number of amides is 1. The van der Waals surface area contributed by atoms with E-state index in [0.29, 0.717) is 12.5 Å². The van der Waals surface area contributed by atoms with Gasteiger partial charge in [-0.3, -0.25) is 0 Å². The third-order valence-electron chi connectivity index (χ3n) is 4.54. The summed E-state index contributed by atoms with van der Waals surface area (Å²) in [4.78, 5) is 23.7. The second-order valence-electron chi connectivity index (χ2n) is 7.97. The van der Waals surface area contributed by atoms with Crippen molar-refractivity contribution in [2.45, 2.75) is 39.2 Å². The highest BCUT2D eigenvalue weighted by atomic mass is 16.6. The van der Waals surface area contributed by atoms with Crippen molar-refractivity contribution >= 4 is 28.8 Å². The third kappa shape index (κ3) is 4.99.